The van der Waals surface area contributed by atoms with Crippen LogP contribution in [0.25, 0.3) is 0 Å². The van der Waals surface area contributed by atoms with Crippen molar-refractivity contribution in [3.8, 4) is 5.75 Å². The molecule has 1 N–H and O–H groups in total. The van der Waals surface area contributed by atoms with E-state index < -0.39 is 28.5 Å². The van der Waals surface area contributed by atoms with Gasteiger partial charge in [-0.2, -0.15) is 0 Å². The van der Waals surface area contributed by atoms with E-state index in [1.807, 2.05) is 27.0 Å². The van der Waals surface area contributed by atoms with Crippen molar-refractivity contribution < 1.29 is 22.7 Å². The van der Waals surface area contributed by atoms with Gasteiger partial charge in [-0.3, -0.25) is 13.9 Å². The molecule has 3 aromatic rings. The van der Waals surface area contributed by atoms with Crippen LogP contribution < -0.4 is 14.4 Å². The van der Waals surface area contributed by atoms with Crippen LogP contribution in [-0.2, 0) is 26.2 Å². The van der Waals surface area contributed by atoms with Gasteiger partial charge in [-0.15, -0.1) is 11.8 Å². The number of anilines is 1. The molecule has 0 aromatic heterocycles. The molecule has 0 fully saturated rings. The Kier molecular flexibility index (Phi) is 12.6. The first-order valence-electron chi connectivity index (χ1n) is 13.9. The van der Waals surface area contributed by atoms with Crippen molar-refractivity contribution in [2.45, 2.75) is 56.0 Å². The Morgan fingerprint density at radius 2 is 1.60 bits per heavy atom. The number of nitrogens with one attached hydrogen (secondary N) is 1. The van der Waals surface area contributed by atoms with Crippen molar-refractivity contribution in [1.29, 1.82) is 0 Å². The number of nitrogens with zero attached hydrogens (tertiary/aromatic N) is 2. The van der Waals surface area contributed by atoms with Gasteiger partial charge in [0, 0.05) is 23.0 Å². The molecule has 42 heavy (non-hydrogen) atoms. The summed E-state index contributed by atoms with van der Waals surface area (Å²) in [7, 11) is -4.16. The highest BCUT2D eigenvalue weighted by molar-refractivity contribution is 7.98. The molecule has 3 aromatic carbocycles. The molecule has 8 nitrogen and oxygen atoms in total. The summed E-state index contributed by atoms with van der Waals surface area (Å²) in [6.45, 7) is 6.16. The third-order valence-electron chi connectivity index (χ3n) is 6.56. The second-order valence-corrected chi connectivity index (χ2v) is 12.7. The van der Waals surface area contributed by atoms with E-state index in [2.05, 4.69) is 5.32 Å². The number of ether oxygens (including phenoxy) is 1. The topological polar surface area (TPSA) is 96.0 Å². The molecule has 1 atom stereocenters. The summed E-state index contributed by atoms with van der Waals surface area (Å²) in [6, 6.07) is 19.3. The van der Waals surface area contributed by atoms with E-state index in [1.165, 1.54) is 28.8 Å². The molecule has 1 unspecified atom stereocenters. The van der Waals surface area contributed by atoms with Crippen molar-refractivity contribution in [3.05, 3.63) is 83.4 Å². The smallest absolute Gasteiger partial charge is 0.264 e. The molecular weight excluding hydrogens is 594 g/mol. The predicted molar refractivity (Wildman–Crippen MR) is 170 cm³/mol. The Morgan fingerprint density at radius 3 is 2.14 bits per heavy atom. The zero-order valence-electron chi connectivity index (χ0n) is 24.4. The fourth-order valence-corrected chi connectivity index (χ4v) is 6.30. The van der Waals surface area contributed by atoms with Gasteiger partial charge >= 0.3 is 0 Å². The van der Waals surface area contributed by atoms with Crippen molar-refractivity contribution in [2.75, 3.05) is 30.3 Å². The Labute approximate surface area is 258 Å². The maximum Gasteiger partial charge on any atom is 0.264 e. The molecule has 0 heterocycles. The first-order valence-corrected chi connectivity index (χ1v) is 16.9. The lowest BCUT2D eigenvalue weighted by Gasteiger charge is -2.33. The Morgan fingerprint density at radius 1 is 0.952 bits per heavy atom. The Hall–Kier alpha value is -3.21. The number of sulfonamides is 1. The van der Waals surface area contributed by atoms with E-state index in [1.54, 1.807) is 60.7 Å². The van der Waals surface area contributed by atoms with E-state index >= 15 is 0 Å². The van der Waals surface area contributed by atoms with E-state index in [9.17, 15) is 18.0 Å². The number of amides is 2. The summed E-state index contributed by atoms with van der Waals surface area (Å²) in [4.78, 5) is 29.7. The summed E-state index contributed by atoms with van der Waals surface area (Å²) in [6.07, 6.45) is 3.00. The predicted octanol–water partition coefficient (Wildman–Crippen LogP) is 5.99. The summed E-state index contributed by atoms with van der Waals surface area (Å²) < 4.78 is 34.7. The SMILES string of the molecule is CCCNC(=O)C(CC)N(Cc1ccc(Cl)cc1)C(=O)CN(c1ccc(OCC)cc1)S(=O)(=O)c1ccc(SC)cc1. The Bertz CT molecular complexity index is 1420. The van der Waals surface area contributed by atoms with Gasteiger partial charge in [0.25, 0.3) is 10.0 Å². The molecule has 2 amide bonds. The number of halogens is 1. The quantitative estimate of drug-likeness (QED) is 0.207. The third kappa shape index (κ3) is 8.65. The molecule has 3 rings (SSSR count). The maximum atomic E-state index is 14.1. The molecule has 0 saturated carbocycles. The number of thioether (sulfide) groups is 1. The second kappa shape index (κ2) is 15.9. The highest BCUT2D eigenvalue weighted by Gasteiger charge is 2.33. The van der Waals surface area contributed by atoms with Crippen LogP contribution in [0.2, 0.25) is 5.02 Å². The number of hydrogen-bond acceptors (Lipinski definition) is 6. The lowest BCUT2D eigenvalue weighted by atomic mass is 10.1. The molecule has 0 radical (unpaired) electrons. The molecule has 0 bridgehead atoms. The molecular formula is C31H38ClN3O5S2. The average Bonchev–Trinajstić information content (AvgIpc) is 3.00. The Balaban J connectivity index is 2.05. The fraction of sp³-hybridized carbons (Fsp3) is 0.355. The minimum Gasteiger partial charge on any atom is -0.494 e. The lowest BCUT2D eigenvalue weighted by molar-refractivity contribution is -0.140. The van der Waals surface area contributed by atoms with Crippen LogP contribution in [0.1, 0.15) is 39.2 Å². The van der Waals surface area contributed by atoms with Crippen LogP contribution >= 0.6 is 23.4 Å². The van der Waals surface area contributed by atoms with Crippen LogP contribution in [0.3, 0.4) is 0 Å². The van der Waals surface area contributed by atoms with Gasteiger partial charge in [-0.1, -0.05) is 37.6 Å². The van der Waals surface area contributed by atoms with Crippen molar-refractivity contribution in [3.63, 3.8) is 0 Å². The number of carbonyl (C=O) groups is 2. The van der Waals surface area contributed by atoms with Gasteiger partial charge in [0.15, 0.2) is 0 Å². The minimum atomic E-state index is -4.16. The average molecular weight is 632 g/mol. The zero-order chi connectivity index (χ0) is 30.7. The lowest BCUT2D eigenvalue weighted by Crippen LogP contribution is -2.52. The summed E-state index contributed by atoms with van der Waals surface area (Å²) in [5.74, 6) is -0.219. The van der Waals surface area contributed by atoms with Crippen LogP contribution in [0.4, 0.5) is 5.69 Å². The summed E-state index contributed by atoms with van der Waals surface area (Å²) in [5, 5.41) is 3.43. The van der Waals surface area contributed by atoms with Crippen molar-refractivity contribution >= 4 is 50.9 Å². The molecule has 11 heteroatoms. The van der Waals surface area contributed by atoms with Gasteiger partial charge in [0.1, 0.15) is 18.3 Å². The van der Waals surface area contributed by atoms with Crippen LogP contribution in [-0.4, -0.2) is 57.1 Å². The molecule has 0 saturated heterocycles. The molecule has 226 valence electrons. The fourth-order valence-electron chi connectivity index (χ4n) is 4.35. The second-order valence-electron chi connectivity index (χ2n) is 9.48. The minimum absolute atomic E-state index is 0.0546. The largest absolute Gasteiger partial charge is 0.494 e. The normalized spacial score (nSPS) is 11.9. The van der Waals surface area contributed by atoms with Gasteiger partial charge in [-0.05, 0) is 92.2 Å². The van der Waals surface area contributed by atoms with E-state index in [4.69, 9.17) is 16.3 Å². The standard InChI is InChI=1S/C31H38ClN3O5S2/c1-5-20-33-31(37)29(6-2)34(21-23-8-10-24(32)11-9-23)30(36)22-35(25-12-14-26(15-13-25)40-7-3)42(38,39)28-18-16-27(41-4)17-19-28/h8-19,29H,5-7,20-22H2,1-4H3,(H,33,37). The molecule has 0 aliphatic carbocycles. The number of hydrogen-bond donors (Lipinski definition) is 1. The molecule has 0 spiro atoms. The van der Waals surface area contributed by atoms with Gasteiger partial charge in [0.2, 0.25) is 11.8 Å². The van der Waals surface area contributed by atoms with Crippen molar-refractivity contribution in [1.82, 2.24) is 10.2 Å². The van der Waals surface area contributed by atoms with Crippen molar-refractivity contribution in [2.24, 2.45) is 0 Å². The summed E-state index contributed by atoms with van der Waals surface area (Å²) >= 11 is 7.57. The zero-order valence-corrected chi connectivity index (χ0v) is 26.8. The highest BCUT2D eigenvalue weighted by Crippen LogP contribution is 2.28. The summed E-state index contributed by atoms with van der Waals surface area (Å²) in [5.41, 5.74) is 1.06. The van der Waals surface area contributed by atoms with Gasteiger partial charge < -0.3 is 15.0 Å². The van der Waals surface area contributed by atoms with Gasteiger partial charge in [-0.25, -0.2) is 8.42 Å². The van der Waals surface area contributed by atoms with Crippen LogP contribution in [0.15, 0.2) is 82.6 Å². The monoisotopic (exact) mass is 631 g/mol. The maximum absolute atomic E-state index is 14.1. The number of benzene rings is 3. The van der Waals surface area contributed by atoms with E-state index in [-0.39, 0.29) is 17.3 Å². The van der Waals surface area contributed by atoms with Crippen LogP contribution in [0.5, 0.6) is 5.75 Å². The number of rotatable bonds is 15. The third-order valence-corrected chi connectivity index (χ3v) is 9.35. The number of carbonyl (C=O) groups excluding carboxylic acids is 2. The molecule has 0 aliphatic rings. The first-order chi connectivity index (χ1) is 20.1. The van der Waals surface area contributed by atoms with Gasteiger partial charge in [0.05, 0.1) is 17.2 Å². The van der Waals surface area contributed by atoms with Crippen LogP contribution in [0, 0.1) is 0 Å². The highest BCUT2D eigenvalue weighted by atomic mass is 35.5. The van der Waals surface area contributed by atoms with E-state index in [0.717, 1.165) is 21.2 Å². The van der Waals surface area contributed by atoms with E-state index in [0.29, 0.717) is 36.0 Å². The molecule has 0 aliphatic heterocycles. The first kappa shape index (κ1) is 33.3.